The van der Waals surface area contributed by atoms with E-state index in [2.05, 4.69) is 36.5 Å². The smallest absolute Gasteiger partial charge is 0.243 e. The second-order valence-electron chi connectivity index (χ2n) is 7.95. The van der Waals surface area contributed by atoms with Crippen LogP contribution in [0.2, 0.25) is 0 Å². The van der Waals surface area contributed by atoms with Crippen molar-refractivity contribution < 1.29 is 9.59 Å². The Hall–Kier alpha value is -2.27. The first-order valence-electron chi connectivity index (χ1n) is 10.7. The van der Waals surface area contributed by atoms with Gasteiger partial charge in [0.2, 0.25) is 11.8 Å². The minimum Gasteiger partial charge on any atom is -0.352 e. The zero-order valence-electron chi connectivity index (χ0n) is 18.8. The predicted octanol–water partition coefficient (Wildman–Crippen LogP) is 5.12. The Balaban J connectivity index is 2.13. The van der Waals surface area contributed by atoms with Gasteiger partial charge in [-0.25, -0.2) is 0 Å². The second-order valence-corrected chi connectivity index (χ2v) is 9.12. The molecular formula is C25H34N2O2S. The van der Waals surface area contributed by atoms with Crippen LogP contribution in [0.25, 0.3) is 0 Å². The molecule has 0 bridgehead atoms. The molecule has 2 aromatic carbocycles. The first kappa shape index (κ1) is 24.0. The normalized spacial score (nSPS) is 11.9. The van der Waals surface area contributed by atoms with Crippen LogP contribution in [0.1, 0.15) is 50.3 Å². The van der Waals surface area contributed by atoms with Gasteiger partial charge in [-0.05, 0) is 57.4 Å². The van der Waals surface area contributed by atoms with Crippen molar-refractivity contribution in [2.24, 2.45) is 0 Å². The Morgan fingerprint density at radius 3 is 2.30 bits per heavy atom. The number of nitrogens with zero attached hydrogens (tertiary/aromatic N) is 1. The van der Waals surface area contributed by atoms with Crippen molar-refractivity contribution >= 4 is 23.6 Å². The van der Waals surface area contributed by atoms with E-state index >= 15 is 0 Å². The molecule has 1 N–H and O–H groups in total. The molecule has 2 aromatic rings. The Labute approximate surface area is 185 Å². The fourth-order valence-corrected chi connectivity index (χ4v) is 4.15. The zero-order valence-corrected chi connectivity index (χ0v) is 19.6. The number of hydrogen-bond acceptors (Lipinski definition) is 3. The molecule has 0 aliphatic rings. The molecular weight excluding hydrogens is 392 g/mol. The molecule has 1 atom stereocenters. The summed E-state index contributed by atoms with van der Waals surface area (Å²) in [7, 11) is 0. The highest BCUT2D eigenvalue weighted by atomic mass is 32.2. The number of hydrogen-bond donors (Lipinski definition) is 1. The summed E-state index contributed by atoms with van der Waals surface area (Å²) in [5, 5.41) is 2.98. The van der Waals surface area contributed by atoms with Crippen LogP contribution in [0.3, 0.4) is 0 Å². The minimum absolute atomic E-state index is 0.0172. The quantitative estimate of drug-likeness (QED) is 0.537. The van der Waals surface area contributed by atoms with Gasteiger partial charge in [0.05, 0.1) is 0 Å². The molecule has 0 aliphatic carbocycles. The van der Waals surface area contributed by atoms with Crippen LogP contribution >= 0.6 is 11.8 Å². The summed E-state index contributed by atoms with van der Waals surface area (Å²) in [5.74, 6) is 0.623. The summed E-state index contributed by atoms with van der Waals surface area (Å²) in [5.41, 5.74) is 3.43. The number of carbonyl (C=O) groups is 2. The SMILES string of the molecule is CC[C@@H](C(=O)NC(C)C)N(Cc1ccccc1C)C(=O)CCSc1ccc(C)cc1. The highest BCUT2D eigenvalue weighted by Gasteiger charge is 2.28. The van der Waals surface area contributed by atoms with Crippen LogP contribution in [-0.2, 0) is 16.1 Å². The lowest BCUT2D eigenvalue weighted by molar-refractivity contribution is -0.141. The van der Waals surface area contributed by atoms with Gasteiger partial charge in [0.15, 0.2) is 0 Å². The van der Waals surface area contributed by atoms with E-state index in [9.17, 15) is 9.59 Å². The summed E-state index contributed by atoms with van der Waals surface area (Å²) >= 11 is 1.67. The van der Waals surface area contributed by atoms with Crippen molar-refractivity contribution in [1.82, 2.24) is 10.2 Å². The highest BCUT2D eigenvalue weighted by Crippen LogP contribution is 2.21. The maximum atomic E-state index is 13.2. The molecule has 0 spiro atoms. The molecule has 0 fully saturated rings. The van der Waals surface area contributed by atoms with Crippen molar-refractivity contribution in [3.05, 3.63) is 65.2 Å². The Morgan fingerprint density at radius 2 is 1.70 bits per heavy atom. The third kappa shape index (κ3) is 7.21. The first-order valence-corrected chi connectivity index (χ1v) is 11.6. The van der Waals surface area contributed by atoms with Crippen molar-refractivity contribution in [2.45, 2.75) is 71.0 Å². The third-order valence-corrected chi connectivity index (χ3v) is 6.04. The van der Waals surface area contributed by atoms with Crippen molar-refractivity contribution in [2.75, 3.05) is 5.75 Å². The van der Waals surface area contributed by atoms with Gasteiger partial charge in [-0.1, -0.05) is 48.9 Å². The fourth-order valence-electron chi connectivity index (χ4n) is 3.31. The summed E-state index contributed by atoms with van der Waals surface area (Å²) in [6.07, 6.45) is 0.983. The fraction of sp³-hybridized carbons (Fsp3) is 0.440. The van der Waals surface area contributed by atoms with Crippen molar-refractivity contribution in [3.63, 3.8) is 0 Å². The van der Waals surface area contributed by atoms with E-state index in [0.29, 0.717) is 25.1 Å². The number of aryl methyl sites for hydroxylation is 2. The van der Waals surface area contributed by atoms with Gasteiger partial charge in [0.1, 0.15) is 6.04 Å². The molecule has 5 heteroatoms. The summed E-state index contributed by atoms with van der Waals surface area (Å²) in [6.45, 7) is 10.4. The molecule has 0 aromatic heterocycles. The number of amides is 2. The number of nitrogens with one attached hydrogen (secondary N) is 1. The van der Waals surface area contributed by atoms with E-state index in [1.54, 1.807) is 16.7 Å². The maximum Gasteiger partial charge on any atom is 0.243 e. The lowest BCUT2D eigenvalue weighted by atomic mass is 10.1. The average Bonchev–Trinajstić information content (AvgIpc) is 2.70. The van der Waals surface area contributed by atoms with E-state index < -0.39 is 6.04 Å². The van der Waals surface area contributed by atoms with E-state index in [1.807, 2.05) is 52.0 Å². The van der Waals surface area contributed by atoms with Gasteiger partial charge in [-0.15, -0.1) is 11.8 Å². The van der Waals surface area contributed by atoms with Crippen LogP contribution in [0.15, 0.2) is 53.4 Å². The van der Waals surface area contributed by atoms with Crippen LogP contribution < -0.4 is 5.32 Å². The van der Waals surface area contributed by atoms with Gasteiger partial charge in [0.25, 0.3) is 0 Å². The molecule has 0 saturated carbocycles. The molecule has 2 amide bonds. The average molecular weight is 427 g/mol. The van der Waals surface area contributed by atoms with E-state index in [1.165, 1.54) is 5.56 Å². The maximum absolute atomic E-state index is 13.2. The van der Waals surface area contributed by atoms with Gasteiger partial charge in [0, 0.05) is 29.7 Å². The Morgan fingerprint density at radius 1 is 1.03 bits per heavy atom. The summed E-state index contributed by atoms with van der Waals surface area (Å²) < 4.78 is 0. The topological polar surface area (TPSA) is 49.4 Å². The van der Waals surface area contributed by atoms with E-state index in [0.717, 1.165) is 16.0 Å². The molecule has 0 heterocycles. The summed E-state index contributed by atoms with van der Waals surface area (Å²) in [4.78, 5) is 29.0. The van der Waals surface area contributed by atoms with Gasteiger partial charge in [-0.3, -0.25) is 9.59 Å². The lowest BCUT2D eigenvalue weighted by Gasteiger charge is -2.31. The molecule has 0 saturated heterocycles. The zero-order chi connectivity index (χ0) is 22.1. The Kier molecular flexibility index (Phi) is 9.44. The van der Waals surface area contributed by atoms with Crippen LogP contribution in [0.4, 0.5) is 0 Å². The molecule has 162 valence electrons. The van der Waals surface area contributed by atoms with E-state index in [-0.39, 0.29) is 17.9 Å². The van der Waals surface area contributed by atoms with Gasteiger partial charge >= 0.3 is 0 Å². The molecule has 0 radical (unpaired) electrons. The van der Waals surface area contributed by atoms with Crippen LogP contribution in [0.5, 0.6) is 0 Å². The van der Waals surface area contributed by atoms with Crippen LogP contribution in [-0.4, -0.2) is 34.6 Å². The second kappa shape index (κ2) is 11.8. The monoisotopic (exact) mass is 426 g/mol. The third-order valence-electron chi connectivity index (χ3n) is 5.02. The molecule has 0 unspecified atom stereocenters. The molecule has 4 nitrogen and oxygen atoms in total. The van der Waals surface area contributed by atoms with Crippen molar-refractivity contribution in [3.8, 4) is 0 Å². The predicted molar refractivity (Wildman–Crippen MR) is 126 cm³/mol. The Bertz CT molecular complexity index is 833. The standard InChI is InChI=1S/C25H34N2O2S/c1-6-23(25(29)26-18(2)3)27(17-21-10-8-7-9-20(21)5)24(28)15-16-30-22-13-11-19(4)12-14-22/h7-14,18,23H,6,15-17H2,1-5H3,(H,26,29)/t23-/m0/s1. The van der Waals surface area contributed by atoms with Gasteiger partial charge < -0.3 is 10.2 Å². The number of carbonyl (C=O) groups excluding carboxylic acids is 2. The number of thioether (sulfide) groups is 1. The minimum atomic E-state index is -0.469. The highest BCUT2D eigenvalue weighted by molar-refractivity contribution is 7.99. The summed E-state index contributed by atoms with van der Waals surface area (Å²) in [6, 6.07) is 15.9. The molecule has 0 aliphatic heterocycles. The lowest BCUT2D eigenvalue weighted by Crippen LogP contribution is -2.50. The number of rotatable bonds is 10. The van der Waals surface area contributed by atoms with Gasteiger partial charge in [-0.2, -0.15) is 0 Å². The largest absolute Gasteiger partial charge is 0.352 e. The van der Waals surface area contributed by atoms with Crippen molar-refractivity contribution in [1.29, 1.82) is 0 Å². The number of benzene rings is 2. The van der Waals surface area contributed by atoms with E-state index in [4.69, 9.17) is 0 Å². The molecule has 2 rings (SSSR count). The molecule has 30 heavy (non-hydrogen) atoms. The van der Waals surface area contributed by atoms with Crippen LogP contribution in [0, 0.1) is 13.8 Å². The first-order chi connectivity index (χ1) is 14.3.